The van der Waals surface area contributed by atoms with Crippen LogP contribution in [0.2, 0.25) is 0 Å². The first kappa shape index (κ1) is 13.2. The molecule has 1 N–H and O–H groups in total. The fourth-order valence-corrected chi connectivity index (χ4v) is 2.47. The van der Waals surface area contributed by atoms with E-state index in [-0.39, 0.29) is 0 Å². The van der Waals surface area contributed by atoms with Crippen molar-refractivity contribution in [3.8, 4) is 11.5 Å². The summed E-state index contributed by atoms with van der Waals surface area (Å²) in [6, 6.07) is 6.06. The van der Waals surface area contributed by atoms with Gasteiger partial charge in [-0.3, -0.25) is 0 Å². The SMILES string of the molecule is CNCc1ccc(OC)cc1OC1CCCCC1. The average Bonchev–Trinajstić information content (AvgIpc) is 2.42. The summed E-state index contributed by atoms with van der Waals surface area (Å²) in [5.41, 5.74) is 1.20. The van der Waals surface area contributed by atoms with Gasteiger partial charge in [-0.1, -0.05) is 12.5 Å². The molecule has 0 amide bonds. The Morgan fingerprint density at radius 3 is 2.67 bits per heavy atom. The van der Waals surface area contributed by atoms with Gasteiger partial charge in [0.25, 0.3) is 0 Å². The normalized spacial score (nSPS) is 16.6. The van der Waals surface area contributed by atoms with E-state index in [0.29, 0.717) is 6.10 Å². The zero-order chi connectivity index (χ0) is 12.8. The van der Waals surface area contributed by atoms with E-state index in [1.54, 1.807) is 7.11 Å². The minimum atomic E-state index is 0.376. The molecule has 0 aliphatic heterocycles. The lowest BCUT2D eigenvalue weighted by atomic mass is 9.97. The van der Waals surface area contributed by atoms with E-state index in [2.05, 4.69) is 11.4 Å². The maximum Gasteiger partial charge on any atom is 0.127 e. The van der Waals surface area contributed by atoms with Crippen LogP contribution in [0.15, 0.2) is 18.2 Å². The summed E-state index contributed by atoms with van der Waals surface area (Å²) in [5, 5.41) is 3.18. The van der Waals surface area contributed by atoms with Crippen molar-refractivity contribution in [3.05, 3.63) is 23.8 Å². The second-order valence-corrected chi connectivity index (χ2v) is 4.88. The van der Waals surface area contributed by atoms with Gasteiger partial charge in [-0.2, -0.15) is 0 Å². The van der Waals surface area contributed by atoms with Crippen molar-refractivity contribution in [1.29, 1.82) is 0 Å². The van der Waals surface area contributed by atoms with Gasteiger partial charge in [-0.05, 0) is 38.8 Å². The molecule has 18 heavy (non-hydrogen) atoms. The van der Waals surface area contributed by atoms with Crippen LogP contribution in [0.25, 0.3) is 0 Å². The Hall–Kier alpha value is -1.22. The number of ether oxygens (including phenoxy) is 2. The number of benzene rings is 1. The second-order valence-electron chi connectivity index (χ2n) is 4.88. The van der Waals surface area contributed by atoms with Crippen LogP contribution < -0.4 is 14.8 Å². The van der Waals surface area contributed by atoms with Crippen molar-refractivity contribution in [2.45, 2.75) is 44.8 Å². The minimum Gasteiger partial charge on any atom is -0.497 e. The summed E-state index contributed by atoms with van der Waals surface area (Å²) < 4.78 is 11.4. The van der Waals surface area contributed by atoms with Crippen molar-refractivity contribution in [2.24, 2.45) is 0 Å². The predicted octanol–water partition coefficient (Wildman–Crippen LogP) is 3.13. The maximum atomic E-state index is 6.16. The molecule has 0 unspecified atom stereocenters. The van der Waals surface area contributed by atoms with Crippen LogP contribution in [0.4, 0.5) is 0 Å². The van der Waals surface area contributed by atoms with Crippen LogP contribution in [0.1, 0.15) is 37.7 Å². The third-order valence-corrected chi connectivity index (χ3v) is 3.49. The molecule has 3 nitrogen and oxygen atoms in total. The standard InChI is InChI=1S/C15H23NO2/c1-16-11-12-8-9-14(17-2)10-15(12)18-13-6-4-3-5-7-13/h8-10,13,16H,3-7,11H2,1-2H3. The largest absolute Gasteiger partial charge is 0.497 e. The lowest BCUT2D eigenvalue weighted by Gasteiger charge is -2.24. The van der Waals surface area contributed by atoms with E-state index >= 15 is 0 Å². The number of nitrogens with one attached hydrogen (secondary N) is 1. The summed E-state index contributed by atoms with van der Waals surface area (Å²) >= 11 is 0. The molecular formula is C15H23NO2. The summed E-state index contributed by atoms with van der Waals surface area (Å²) in [7, 11) is 3.64. The van der Waals surface area contributed by atoms with Gasteiger partial charge in [0, 0.05) is 18.2 Å². The van der Waals surface area contributed by atoms with Gasteiger partial charge in [0.05, 0.1) is 13.2 Å². The van der Waals surface area contributed by atoms with E-state index in [9.17, 15) is 0 Å². The fraction of sp³-hybridized carbons (Fsp3) is 0.600. The van der Waals surface area contributed by atoms with Crippen LogP contribution in [0.3, 0.4) is 0 Å². The monoisotopic (exact) mass is 249 g/mol. The summed E-state index contributed by atoms with van der Waals surface area (Å²) in [5.74, 6) is 1.83. The van der Waals surface area contributed by atoms with Gasteiger partial charge in [0.2, 0.25) is 0 Å². The molecule has 1 fully saturated rings. The van der Waals surface area contributed by atoms with E-state index in [4.69, 9.17) is 9.47 Å². The highest BCUT2D eigenvalue weighted by molar-refractivity contribution is 5.40. The number of hydrogen-bond acceptors (Lipinski definition) is 3. The molecular weight excluding hydrogens is 226 g/mol. The first-order valence-electron chi connectivity index (χ1n) is 6.81. The molecule has 0 bridgehead atoms. The van der Waals surface area contributed by atoms with Crippen LogP contribution in [-0.2, 0) is 6.54 Å². The van der Waals surface area contributed by atoms with Crippen molar-refractivity contribution in [3.63, 3.8) is 0 Å². The molecule has 3 heteroatoms. The molecule has 0 saturated heterocycles. The highest BCUT2D eigenvalue weighted by Crippen LogP contribution is 2.29. The quantitative estimate of drug-likeness (QED) is 0.869. The first-order valence-corrected chi connectivity index (χ1v) is 6.81. The van der Waals surface area contributed by atoms with Crippen LogP contribution in [-0.4, -0.2) is 20.3 Å². The Bertz CT molecular complexity index is 373. The molecule has 0 heterocycles. The first-order chi connectivity index (χ1) is 8.83. The van der Waals surface area contributed by atoms with Crippen molar-refractivity contribution >= 4 is 0 Å². The van der Waals surface area contributed by atoms with Crippen LogP contribution in [0, 0.1) is 0 Å². The molecule has 1 aliphatic carbocycles. The molecule has 0 spiro atoms. The molecule has 0 aromatic heterocycles. The lowest BCUT2D eigenvalue weighted by molar-refractivity contribution is 0.153. The molecule has 100 valence electrons. The Kier molecular flexibility index (Phi) is 4.88. The fourth-order valence-electron chi connectivity index (χ4n) is 2.47. The van der Waals surface area contributed by atoms with Crippen molar-refractivity contribution < 1.29 is 9.47 Å². The predicted molar refractivity (Wildman–Crippen MR) is 73.3 cm³/mol. The highest BCUT2D eigenvalue weighted by atomic mass is 16.5. The molecule has 0 radical (unpaired) electrons. The van der Waals surface area contributed by atoms with E-state index < -0.39 is 0 Å². The topological polar surface area (TPSA) is 30.5 Å². The van der Waals surface area contributed by atoms with E-state index in [1.807, 2.05) is 19.2 Å². The van der Waals surface area contributed by atoms with Gasteiger partial charge in [0.15, 0.2) is 0 Å². The smallest absolute Gasteiger partial charge is 0.127 e. The molecule has 1 aromatic rings. The van der Waals surface area contributed by atoms with Gasteiger partial charge in [-0.25, -0.2) is 0 Å². The van der Waals surface area contributed by atoms with E-state index in [0.717, 1.165) is 18.0 Å². The molecule has 1 aliphatic rings. The molecule has 2 rings (SSSR count). The zero-order valence-corrected chi connectivity index (χ0v) is 11.4. The Labute approximate surface area is 109 Å². The highest BCUT2D eigenvalue weighted by Gasteiger charge is 2.16. The average molecular weight is 249 g/mol. The molecule has 0 atom stereocenters. The second kappa shape index (κ2) is 6.64. The van der Waals surface area contributed by atoms with E-state index in [1.165, 1.54) is 37.7 Å². The van der Waals surface area contributed by atoms with Gasteiger partial charge in [0.1, 0.15) is 11.5 Å². The van der Waals surface area contributed by atoms with Crippen LogP contribution in [0.5, 0.6) is 11.5 Å². The third-order valence-electron chi connectivity index (χ3n) is 3.49. The number of hydrogen-bond donors (Lipinski definition) is 1. The van der Waals surface area contributed by atoms with Gasteiger partial charge >= 0.3 is 0 Å². The Morgan fingerprint density at radius 2 is 2.00 bits per heavy atom. The number of rotatable bonds is 5. The Morgan fingerprint density at radius 1 is 1.22 bits per heavy atom. The van der Waals surface area contributed by atoms with Gasteiger partial charge in [-0.15, -0.1) is 0 Å². The third kappa shape index (κ3) is 3.39. The summed E-state index contributed by atoms with van der Waals surface area (Å²) in [6.45, 7) is 0.825. The number of methoxy groups -OCH3 is 1. The van der Waals surface area contributed by atoms with Crippen LogP contribution >= 0.6 is 0 Å². The van der Waals surface area contributed by atoms with Crippen molar-refractivity contribution in [2.75, 3.05) is 14.2 Å². The molecule has 1 aromatic carbocycles. The maximum absolute atomic E-state index is 6.16. The Balaban J connectivity index is 2.11. The zero-order valence-electron chi connectivity index (χ0n) is 11.4. The van der Waals surface area contributed by atoms with Crippen molar-refractivity contribution in [1.82, 2.24) is 5.32 Å². The molecule has 1 saturated carbocycles. The summed E-state index contributed by atoms with van der Waals surface area (Å²) in [6.07, 6.45) is 6.65. The summed E-state index contributed by atoms with van der Waals surface area (Å²) in [4.78, 5) is 0. The minimum absolute atomic E-state index is 0.376. The lowest BCUT2D eigenvalue weighted by Crippen LogP contribution is -2.21. The van der Waals surface area contributed by atoms with Gasteiger partial charge < -0.3 is 14.8 Å².